The number of hydrogen-bond acceptors (Lipinski definition) is 4. The second-order valence-corrected chi connectivity index (χ2v) is 4.74. The minimum absolute atomic E-state index is 0.387. The summed E-state index contributed by atoms with van der Waals surface area (Å²) in [6, 6.07) is 13.4. The third kappa shape index (κ3) is 3.83. The second-order valence-electron chi connectivity index (χ2n) is 4.74. The highest BCUT2D eigenvalue weighted by molar-refractivity contribution is 5.91. The van der Waals surface area contributed by atoms with E-state index >= 15 is 0 Å². The third-order valence-electron chi connectivity index (χ3n) is 3.10. The summed E-state index contributed by atoms with van der Waals surface area (Å²) >= 11 is 0. The summed E-state index contributed by atoms with van der Waals surface area (Å²) in [4.78, 5) is 11.8. The van der Waals surface area contributed by atoms with Gasteiger partial charge in [-0.15, -0.1) is 0 Å². The molecule has 0 saturated heterocycles. The lowest BCUT2D eigenvalue weighted by Crippen LogP contribution is -2.11. The summed E-state index contributed by atoms with van der Waals surface area (Å²) in [5.74, 6) is 0.223. The number of rotatable bonds is 5. The van der Waals surface area contributed by atoms with Crippen molar-refractivity contribution >= 4 is 5.97 Å². The van der Waals surface area contributed by atoms with Gasteiger partial charge in [-0.2, -0.15) is 0 Å². The molecule has 2 rings (SSSR count). The summed E-state index contributed by atoms with van der Waals surface area (Å²) in [5.41, 5.74) is 9.02. The second kappa shape index (κ2) is 6.90. The van der Waals surface area contributed by atoms with E-state index in [2.05, 4.69) is 0 Å². The fourth-order valence-electron chi connectivity index (χ4n) is 2.01. The van der Waals surface area contributed by atoms with E-state index in [4.69, 9.17) is 15.2 Å². The highest BCUT2D eigenvalue weighted by Gasteiger charge is 2.10. The van der Waals surface area contributed by atoms with Crippen LogP contribution in [0.3, 0.4) is 0 Å². The smallest absolute Gasteiger partial charge is 0.338 e. The number of methoxy groups -OCH3 is 1. The van der Waals surface area contributed by atoms with Crippen molar-refractivity contribution in [3.63, 3.8) is 0 Å². The van der Waals surface area contributed by atoms with Crippen LogP contribution in [-0.4, -0.2) is 26.2 Å². The van der Waals surface area contributed by atoms with Gasteiger partial charge in [0.1, 0.15) is 12.4 Å². The molecule has 4 nitrogen and oxygen atoms in total. The number of benzene rings is 2. The highest BCUT2D eigenvalue weighted by Crippen LogP contribution is 2.27. The van der Waals surface area contributed by atoms with Crippen LogP contribution >= 0.6 is 0 Å². The van der Waals surface area contributed by atoms with Gasteiger partial charge in [-0.05, 0) is 36.2 Å². The van der Waals surface area contributed by atoms with Crippen LogP contribution in [0.1, 0.15) is 15.9 Å². The fraction of sp³-hybridized carbons (Fsp3) is 0.235. The fourth-order valence-corrected chi connectivity index (χ4v) is 2.01. The maximum atomic E-state index is 11.8. The molecule has 0 aliphatic rings. The first-order valence-electron chi connectivity index (χ1n) is 6.77. The van der Waals surface area contributed by atoms with Crippen molar-refractivity contribution in [2.24, 2.45) is 5.73 Å². The predicted octanol–water partition coefficient (Wildman–Crippen LogP) is 2.79. The van der Waals surface area contributed by atoms with Crippen LogP contribution in [0.25, 0.3) is 11.1 Å². The number of nitrogens with two attached hydrogens (primary N) is 1. The molecule has 0 aromatic heterocycles. The molecule has 2 N–H and O–H groups in total. The van der Waals surface area contributed by atoms with E-state index in [9.17, 15) is 4.79 Å². The monoisotopic (exact) mass is 285 g/mol. The molecule has 0 unspecified atom stereocenters. The summed E-state index contributed by atoms with van der Waals surface area (Å²) in [7, 11) is 1.36. The number of carbonyl (C=O) groups excluding carboxylic acids is 1. The van der Waals surface area contributed by atoms with E-state index < -0.39 is 0 Å². The minimum atomic E-state index is -0.387. The quantitative estimate of drug-likeness (QED) is 0.858. The molecule has 0 heterocycles. The normalized spacial score (nSPS) is 10.2. The summed E-state index contributed by atoms with van der Waals surface area (Å²) in [6.45, 7) is 2.85. The maximum absolute atomic E-state index is 11.8. The molecule has 0 atom stereocenters. The lowest BCUT2D eigenvalue weighted by molar-refractivity contribution is 0.0600. The molecule has 0 fully saturated rings. The van der Waals surface area contributed by atoms with Gasteiger partial charge >= 0.3 is 5.97 Å². The number of hydrogen-bond donors (Lipinski definition) is 1. The number of ether oxygens (including phenoxy) is 2. The molecule has 4 heteroatoms. The van der Waals surface area contributed by atoms with E-state index in [0.29, 0.717) is 24.5 Å². The van der Waals surface area contributed by atoms with Crippen molar-refractivity contribution < 1.29 is 14.3 Å². The van der Waals surface area contributed by atoms with Gasteiger partial charge in [-0.1, -0.05) is 29.8 Å². The van der Waals surface area contributed by atoms with Crippen LogP contribution in [0.15, 0.2) is 42.5 Å². The Morgan fingerprint density at radius 3 is 2.43 bits per heavy atom. The first-order valence-corrected chi connectivity index (χ1v) is 6.77. The van der Waals surface area contributed by atoms with Gasteiger partial charge in [-0.25, -0.2) is 4.79 Å². The van der Waals surface area contributed by atoms with Crippen LogP contribution < -0.4 is 10.5 Å². The summed E-state index contributed by atoms with van der Waals surface area (Å²) < 4.78 is 10.3. The van der Waals surface area contributed by atoms with Crippen LogP contribution in [0.2, 0.25) is 0 Å². The van der Waals surface area contributed by atoms with Crippen molar-refractivity contribution in [1.82, 2.24) is 0 Å². The highest BCUT2D eigenvalue weighted by atomic mass is 16.5. The van der Waals surface area contributed by atoms with E-state index in [1.807, 2.05) is 37.3 Å². The average molecular weight is 285 g/mol. The first kappa shape index (κ1) is 15.1. The Kier molecular flexibility index (Phi) is 4.95. The molecule has 0 aliphatic heterocycles. The van der Waals surface area contributed by atoms with E-state index in [0.717, 1.165) is 11.1 Å². The van der Waals surface area contributed by atoms with Crippen molar-refractivity contribution in [2.75, 3.05) is 20.3 Å². The molecule has 0 bridgehead atoms. The Morgan fingerprint density at radius 1 is 1.10 bits per heavy atom. The van der Waals surface area contributed by atoms with Crippen molar-refractivity contribution in [2.45, 2.75) is 6.92 Å². The van der Waals surface area contributed by atoms with Crippen molar-refractivity contribution in [3.05, 3.63) is 53.6 Å². The van der Waals surface area contributed by atoms with Crippen LogP contribution in [0.4, 0.5) is 0 Å². The summed E-state index contributed by atoms with van der Waals surface area (Å²) in [6.07, 6.45) is 0. The van der Waals surface area contributed by atoms with Crippen molar-refractivity contribution in [1.29, 1.82) is 0 Å². The first-order chi connectivity index (χ1) is 10.1. The molecule has 110 valence electrons. The molecular formula is C17H19NO3. The van der Waals surface area contributed by atoms with Crippen LogP contribution in [0.5, 0.6) is 5.75 Å². The number of carbonyl (C=O) groups is 1. The van der Waals surface area contributed by atoms with Crippen LogP contribution in [-0.2, 0) is 4.74 Å². The largest absolute Gasteiger partial charge is 0.492 e. The van der Waals surface area contributed by atoms with Crippen LogP contribution in [0, 0.1) is 6.92 Å². The lowest BCUT2D eigenvalue weighted by atomic mass is 10.0. The van der Waals surface area contributed by atoms with E-state index in [-0.39, 0.29) is 5.97 Å². The topological polar surface area (TPSA) is 61.5 Å². The number of esters is 1. The third-order valence-corrected chi connectivity index (χ3v) is 3.10. The molecule has 0 aliphatic carbocycles. The number of aryl methyl sites for hydroxylation is 1. The van der Waals surface area contributed by atoms with Gasteiger partial charge in [0, 0.05) is 6.54 Å². The Morgan fingerprint density at radius 2 is 1.81 bits per heavy atom. The predicted molar refractivity (Wildman–Crippen MR) is 82.5 cm³/mol. The zero-order valence-corrected chi connectivity index (χ0v) is 12.3. The Labute approximate surface area is 124 Å². The summed E-state index contributed by atoms with van der Waals surface area (Å²) in [5, 5.41) is 0. The Hall–Kier alpha value is -2.33. The molecule has 0 radical (unpaired) electrons. The van der Waals surface area contributed by atoms with Gasteiger partial charge < -0.3 is 15.2 Å². The zero-order chi connectivity index (χ0) is 15.2. The van der Waals surface area contributed by atoms with Crippen molar-refractivity contribution in [3.8, 4) is 16.9 Å². The Balaban J connectivity index is 2.43. The van der Waals surface area contributed by atoms with Gasteiger partial charge in [0.25, 0.3) is 0 Å². The molecule has 2 aromatic rings. The van der Waals surface area contributed by atoms with Gasteiger partial charge in [0.2, 0.25) is 0 Å². The molecule has 0 saturated carbocycles. The molecular weight excluding hydrogens is 266 g/mol. The molecule has 2 aromatic carbocycles. The van der Waals surface area contributed by atoms with E-state index in [1.54, 1.807) is 12.1 Å². The van der Waals surface area contributed by atoms with Gasteiger partial charge in [0.15, 0.2) is 0 Å². The van der Waals surface area contributed by atoms with Gasteiger partial charge in [0.05, 0.1) is 12.7 Å². The molecule has 0 amide bonds. The maximum Gasteiger partial charge on any atom is 0.338 e. The zero-order valence-electron chi connectivity index (χ0n) is 12.3. The lowest BCUT2D eigenvalue weighted by Gasteiger charge is -2.10. The average Bonchev–Trinajstić information content (AvgIpc) is 2.52. The minimum Gasteiger partial charge on any atom is -0.492 e. The SMILES string of the molecule is COC(=O)c1cc(OCCN)cc(-c2ccc(C)cc2)c1. The molecule has 21 heavy (non-hydrogen) atoms. The van der Waals surface area contributed by atoms with E-state index in [1.165, 1.54) is 12.7 Å². The Bertz CT molecular complexity index is 620. The standard InChI is InChI=1S/C17H19NO3/c1-12-3-5-13(6-4-12)14-9-15(17(19)20-2)11-16(10-14)21-8-7-18/h3-6,9-11H,7-8,18H2,1-2H3. The van der Waals surface area contributed by atoms with Gasteiger partial charge in [-0.3, -0.25) is 0 Å². The molecule has 0 spiro atoms.